The average Bonchev–Trinajstić information content (AvgIpc) is 3.14. The van der Waals surface area contributed by atoms with Crippen LogP contribution in [0.2, 0.25) is 0 Å². The first kappa shape index (κ1) is 21.6. The van der Waals surface area contributed by atoms with Crippen LogP contribution in [0.15, 0.2) is 23.2 Å². The number of aliphatic imine (C=N–C) groups is 1. The average molecular weight is 401 g/mol. The number of rotatable bonds is 3. The highest BCUT2D eigenvalue weighted by Gasteiger charge is 2.41. The topological polar surface area (TPSA) is 160 Å². The third-order valence-electron chi connectivity index (χ3n) is 4.21. The van der Waals surface area contributed by atoms with Crippen LogP contribution >= 0.6 is 11.8 Å². The number of aldehydes is 1. The number of para-hydroxylation sites is 1. The van der Waals surface area contributed by atoms with Gasteiger partial charge < -0.3 is 40.2 Å². The summed E-state index contributed by atoms with van der Waals surface area (Å²) in [5.41, 5.74) is 0.476. The zero-order chi connectivity index (χ0) is 20.1. The van der Waals surface area contributed by atoms with Gasteiger partial charge in [-0.1, -0.05) is 6.07 Å². The molecule has 3 rings (SSSR count). The van der Waals surface area contributed by atoms with Gasteiger partial charge in [0.1, 0.15) is 41.8 Å². The smallest absolute Gasteiger partial charge is 0.167 e. The molecule has 9 nitrogen and oxygen atoms in total. The van der Waals surface area contributed by atoms with E-state index in [4.69, 9.17) is 9.84 Å². The van der Waals surface area contributed by atoms with Crippen molar-refractivity contribution in [2.24, 2.45) is 4.99 Å². The normalized spacial score (nSPS) is 33.0. The van der Waals surface area contributed by atoms with Crippen LogP contribution < -0.4 is 0 Å². The summed E-state index contributed by atoms with van der Waals surface area (Å²) in [6.45, 7) is 1.21. The lowest BCUT2D eigenvalue weighted by Gasteiger charge is -2.38. The summed E-state index contributed by atoms with van der Waals surface area (Å²) in [6.07, 6.45) is -4.16. The maximum Gasteiger partial charge on any atom is 0.167 e. The van der Waals surface area contributed by atoms with Crippen molar-refractivity contribution in [3.05, 3.63) is 23.8 Å². The van der Waals surface area contributed by atoms with E-state index in [9.17, 15) is 30.3 Å². The molecule has 6 N–H and O–H groups in total. The molecule has 27 heavy (non-hydrogen) atoms. The lowest BCUT2D eigenvalue weighted by Crippen LogP contribution is -2.57. The fourth-order valence-electron chi connectivity index (χ4n) is 2.60. The van der Waals surface area contributed by atoms with Crippen LogP contribution in [0.25, 0.3) is 0 Å². The van der Waals surface area contributed by atoms with Gasteiger partial charge in [-0.15, -0.1) is 11.8 Å². The van der Waals surface area contributed by atoms with E-state index in [0.29, 0.717) is 16.4 Å². The number of aliphatic hydroxyl groups excluding tert-OH is 4. The number of hydrogen-bond acceptors (Lipinski definition) is 10. The number of phenolic OH excluding ortho intramolecular Hbond substituents is 2. The van der Waals surface area contributed by atoms with Crippen molar-refractivity contribution in [2.75, 3.05) is 12.4 Å². The number of thioether (sulfide) groups is 1. The molecule has 1 aromatic rings. The maximum atomic E-state index is 10.5. The predicted octanol–water partition coefficient (Wildman–Crippen LogP) is -0.993. The van der Waals surface area contributed by atoms with Gasteiger partial charge in [0.15, 0.2) is 11.5 Å². The van der Waals surface area contributed by atoms with Gasteiger partial charge in [0.25, 0.3) is 0 Å². The third-order valence-corrected chi connectivity index (χ3v) is 5.31. The van der Waals surface area contributed by atoms with Crippen molar-refractivity contribution in [3.63, 3.8) is 0 Å². The molecule has 1 aromatic carbocycles. The number of ether oxygens (including phenoxy) is 1. The van der Waals surface area contributed by atoms with Gasteiger partial charge in [-0.05, 0) is 19.1 Å². The van der Waals surface area contributed by atoms with Gasteiger partial charge in [-0.2, -0.15) is 0 Å². The Kier molecular flexibility index (Phi) is 7.59. The van der Waals surface area contributed by atoms with E-state index in [1.807, 2.05) is 0 Å². The molecule has 6 atom stereocenters. The van der Waals surface area contributed by atoms with Crippen molar-refractivity contribution in [1.82, 2.24) is 0 Å². The minimum Gasteiger partial charge on any atom is -0.504 e. The molecule has 0 bridgehead atoms. The van der Waals surface area contributed by atoms with Crippen molar-refractivity contribution in [1.29, 1.82) is 0 Å². The molecule has 0 amide bonds. The largest absolute Gasteiger partial charge is 0.504 e. The van der Waals surface area contributed by atoms with E-state index in [-0.39, 0.29) is 24.1 Å². The molecule has 10 heteroatoms. The van der Waals surface area contributed by atoms with E-state index in [0.717, 1.165) is 6.29 Å². The van der Waals surface area contributed by atoms with Crippen molar-refractivity contribution < 1.29 is 40.2 Å². The summed E-state index contributed by atoms with van der Waals surface area (Å²) >= 11 is 1.40. The Labute approximate surface area is 159 Å². The number of carbonyl (C=O) groups is 1. The van der Waals surface area contributed by atoms with Crippen LogP contribution in [0.3, 0.4) is 0 Å². The number of nitrogens with zero attached hydrogens (tertiary/aromatic N) is 1. The summed E-state index contributed by atoms with van der Waals surface area (Å²) in [5.74, 6) is 0.231. The molecular weight excluding hydrogens is 378 g/mol. The Balaban J connectivity index is 0.000000199. The highest BCUT2D eigenvalue weighted by molar-refractivity contribution is 8.14. The van der Waals surface area contributed by atoms with Crippen LogP contribution in [-0.4, -0.2) is 90.9 Å². The maximum absolute atomic E-state index is 10.5. The fraction of sp³-hybridized carbons (Fsp3) is 0.529. The second-order valence-electron chi connectivity index (χ2n) is 6.16. The summed E-state index contributed by atoms with van der Waals surface area (Å²) in [7, 11) is 0. The van der Waals surface area contributed by atoms with Gasteiger partial charge in [0.05, 0.1) is 18.3 Å². The van der Waals surface area contributed by atoms with E-state index >= 15 is 0 Å². The van der Waals surface area contributed by atoms with Crippen LogP contribution in [0.5, 0.6) is 11.5 Å². The van der Waals surface area contributed by atoms with Gasteiger partial charge in [-0.3, -0.25) is 4.99 Å². The minimum absolute atomic E-state index is 0.176. The first-order valence-corrected chi connectivity index (χ1v) is 9.26. The number of aliphatic hydroxyl groups is 4. The zero-order valence-electron chi connectivity index (χ0n) is 14.5. The van der Waals surface area contributed by atoms with Crippen LogP contribution in [-0.2, 0) is 9.53 Å². The fourth-order valence-corrected chi connectivity index (χ4v) is 3.61. The molecular formula is C17H23NO8S. The first-order valence-electron chi connectivity index (χ1n) is 8.27. The van der Waals surface area contributed by atoms with E-state index < -0.39 is 30.5 Å². The zero-order valence-corrected chi connectivity index (χ0v) is 15.4. The molecule has 2 aliphatic rings. The number of phenols is 2. The molecule has 2 aliphatic heterocycles. The van der Waals surface area contributed by atoms with Crippen LogP contribution in [0, 0.1) is 0 Å². The summed E-state index contributed by atoms with van der Waals surface area (Å²) < 4.78 is 5.02. The molecule has 0 radical (unpaired) electrons. The van der Waals surface area contributed by atoms with Crippen molar-refractivity contribution in [2.45, 2.75) is 43.5 Å². The van der Waals surface area contributed by atoms with Gasteiger partial charge in [0.2, 0.25) is 0 Å². The number of hydrogen-bond donors (Lipinski definition) is 6. The van der Waals surface area contributed by atoms with Crippen molar-refractivity contribution >= 4 is 23.1 Å². The molecule has 0 aromatic heterocycles. The molecule has 2 heterocycles. The van der Waals surface area contributed by atoms with Gasteiger partial charge in [0, 0.05) is 5.75 Å². The SMILES string of the molecule is C[C@@H]1OC(CO)C(O)C(O)C1O.O=CC1CSC(c2cccc(O)c2O)=N1. The molecule has 1 saturated heterocycles. The molecule has 1 fully saturated rings. The third kappa shape index (κ3) is 4.98. The molecule has 0 saturated carbocycles. The quantitative estimate of drug-likeness (QED) is 0.276. The van der Waals surface area contributed by atoms with Gasteiger partial charge in [-0.25, -0.2) is 0 Å². The Morgan fingerprint density at radius 2 is 1.93 bits per heavy atom. The Bertz CT molecular complexity index is 680. The summed E-state index contributed by atoms with van der Waals surface area (Å²) in [4.78, 5) is 14.6. The Morgan fingerprint density at radius 3 is 2.52 bits per heavy atom. The Hall–Kier alpha value is -1.69. The lowest BCUT2D eigenvalue weighted by molar-refractivity contribution is -0.224. The Morgan fingerprint density at radius 1 is 1.22 bits per heavy atom. The number of benzene rings is 1. The number of aromatic hydroxyl groups is 2. The minimum atomic E-state index is -1.24. The highest BCUT2D eigenvalue weighted by atomic mass is 32.2. The van der Waals surface area contributed by atoms with E-state index in [1.165, 1.54) is 17.8 Å². The molecule has 0 spiro atoms. The monoisotopic (exact) mass is 401 g/mol. The summed E-state index contributed by atoms with van der Waals surface area (Å²) in [5, 5.41) is 55.9. The predicted molar refractivity (Wildman–Crippen MR) is 98.1 cm³/mol. The molecule has 5 unspecified atom stereocenters. The first-order chi connectivity index (χ1) is 12.8. The molecule has 0 aliphatic carbocycles. The molecule has 150 valence electrons. The highest BCUT2D eigenvalue weighted by Crippen LogP contribution is 2.33. The van der Waals surface area contributed by atoms with Crippen LogP contribution in [0.4, 0.5) is 0 Å². The number of carbonyl (C=O) groups excluding carboxylic acids is 1. The second-order valence-corrected chi connectivity index (χ2v) is 7.16. The van der Waals surface area contributed by atoms with Gasteiger partial charge >= 0.3 is 0 Å². The van der Waals surface area contributed by atoms with E-state index in [2.05, 4.69) is 4.99 Å². The summed E-state index contributed by atoms with van der Waals surface area (Å²) in [6, 6.07) is 4.35. The van der Waals surface area contributed by atoms with E-state index in [1.54, 1.807) is 19.1 Å². The lowest BCUT2D eigenvalue weighted by atomic mass is 9.96. The second kappa shape index (κ2) is 9.49. The standard InChI is InChI=1S/C10H9NO3S.C7H14O5/c12-4-6-5-15-10(11-6)7-2-1-3-8(13)9(7)14;1-3-5(9)7(11)6(10)4(2-8)12-3/h1-4,6,13-14H,5H2;3-11H,2H2,1H3/t;3-,4?,5?,6?,7?/m.0/s1. The van der Waals surface area contributed by atoms with Crippen molar-refractivity contribution in [3.8, 4) is 11.5 Å². The van der Waals surface area contributed by atoms with Crippen LogP contribution in [0.1, 0.15) is 12.5 Å².